The lowest BCUT2D eigenvalue weighted by atomic mass is 10.1. The van der Waals surface area contributed by atoms with Gasteiger partial charge in [-0.05, 0) is 48.4 Å². The molecule has 1 heterocycles. The molecule has 0 saturated heterocycles. The molecule has 0 fully saturated rings. The Bertz CT molecular complexity index is 750. The monoisotopic (exact) mass is 320 g/mol. The van der Waals surface area contributed by atoms with E-state index in [2.05, 4.69) is 10.6 Å². The zero-order valence-electron chi connectivity index (χ0n) is 13.4. The van der Waals surface area contributed by atoms with Gasteiger partial charge in [0.2, 0.25) is 5.91 Å². The fourth-order valence-electron chi connectivity index (χ4n) is 2.40. The normalized spacial score (nSPS) is 10.3. The molecule has 4 nitrogen and oxygen atoms in total. The second kappa shape index (κ2) is 8.02. The summed E-state index contributed by atoms with van der Waals surface area (Å²) < 4.78 is 5.28. The second-order valence-corrected chi connectivity index (χ2v) is 5.54. The van der Waals surface area contributed by atoms with Crippen molar-refractivity contribution in [3.05, 3.63) is 84.3 Å². The number of furan rings is 1. The van der Waals surface area contributed by atoms with Gasteiger partial charge in [-0.3, -0.25) is 4.79 Å². The molecule has 0 aliphatic rings. The highest BCUT2D eigenvalue weighted by Crippen LogP contribution is 2.15. The van der Waals surface area contributed by atoms with Crippen LogP contribution in [0.5, 0.6) is 0 Å². The van der Waals surface area contributed by atoms with Gasteiger partial charge >= 0.3 is 0 Å². The van der Waals surface area contributed by atoms with Gasteiger partial charge in [-0.15, -0.1) is 0 Å². The second-order valence-electron chi connectivity index (χ2n) is 5.54. The summed E-state index contributed by atoms with van der Waals surface area (Å²) in [6, 6.07) is 21.5. The number of hydrogen-bond donors (Lipinski definition) is 2. The van der Waals surface area contributed by atoms with Crippen LogP contribution in [0.4, 0.5) is 11.4 Å². The highest BCUT2D eigenvalue weighted by molar-refractivity contribution is 5.91. The smallest absolute Gasteiger partial charge is 0.224 e. The maximum atomic E-state index is 12.0. The van der Waals surface area contributed by atoms with Crippen molar-refractivity contribution in [2.45, 2.75) is 19.4 Å². The summed E-state index contributed by atoms with van der Waals surface area (Å²) in [4.78, 5) is 12.0. The fraction of sp³-hybridized carbons (Fsp3) is 0.150. The SMILES string of the molecule is O=C(CCc1ccccc1)Nc1ccc(NCc2ccco2)cc1. The highest BCUT2D eigenvalue weighted by atomic mass is 16.3. The quantitative estimate of drug-likeness (QED) is 0.675. The van der Waals surface area contributed by atoms with Crippen LogP contribution >= 0.6 is 0 Å². The van der Waals surface area contributed by atoms with E-state index in [0.29, 0.717) is 13.0 Å². The van der Waals surface area contributed by atoms with Crippen LogP contribution in [0.3, 0.4) is 0 Å². The molecule has 0 atom stereocenters. The summed E-state index contributed by atoms with van der Waals surface area (Å²) in [5.74, 6) is 0.906. The third kappa shape index (κ3) is 4.74. The van der Waals surface area contributed by atoms with Crippen molar-refractivity contribution in [3.8, 4) is 0 Å². The summed E-state index contributed by atoms with van der Waals surface area (Å²) >= 11 is 0. The molecule has 0 aliphatic heterocycles. The van der Waals surface area contributed by atoms with Crippen molar-refractivity contribution < 1.29 is 9.21 Å². The van der Waals surface area contributed by atoms with Crippen molar-refractivity contribution in [1.82, 2.24) is 0 Å². The lowest BCUT2D eigenvalue weighted by Gasteiger charge is -2.08. The number of aryl methyl sites for hydroxylation is 1. The first-order valence-electron chi connectivity index (χ1n) is 8.00. The topological polar surface area (TPSA) is 54.3 Å². The predicted molar refractivity (Wildman–Crippen MR) is 95.9 cm³/mol. The van der Waals surface area contributed by atoms with Gasteiger partial charge < -0.3 is 15.1 Å². The van der Waals surface area contributed by atoms with E-state index in [1.807, 2.05) is 66.7 Å². The van der Waals surface area contributed by atoms with Crippen LogP contribution in [0.2, 0.25) is 0 Å². The fourth-order valence-corrected chi connectivity index (χ4v) is 2.40. The number of carbonyl (C=O) groups excluding carboxylic acids is 1. The molecule has 122 valence electrons. The van der Waals surface area contributed by atoms with Crippen LogP contribution in [-0.4, -0.2) is 5.91 Å². The van der Waals surface area contributed by atoms with Gasteiger partial charge in [-0.1, -0.05) is 30.3 Å². The average molecular weight is 320 g/mol. The molecule has 24 heavy (non-hydrogen) atoms. The molecule has 0 unspecified atom stereocenters. The summed E-state index contributed by atoms with van der Waals surface area (Å²) in [6.07, 6.45) is 2.88. The average Bonchev–Trinajstić information content (AvgIpc) is 3.14. The Balaban J connectivity index is 1.45. The van der Waals surface area contributed by atoms with Gasteiger partial charge in [-0.2, -0.15) is 0 Å². The van der Waals surface area contributed by atoms with Crippen molar-refractivity contribution in [2.24, 2.45) is 0 Å². The standard InChI is InChI=1S/C20H20N2O2/c23-20(13-8-16-5-2-1-3-6-16)22-18-11-9-17(10-12-18)21-15-19-7-4-14-24-19/h1-7,9-12,14,21H,8,13,15H2,(H,22,23). The summed E-state index contributed by atoms with van der Waals surface area (Å²) in [7, 11) is 0. The third-order valence-electron chi connectivity index (χ3n) is 3.70. The van der Waals surface area contributed by atoms with E-state index in [-0.39, 0.29) is 5.91 Å². The molecule has 3 aromatic rings. The first kappa shape index (κ1) is 15.9. The Labute approximate surface area is 141 Å². The molecular formula is C20H20N2O2. The number of anilines is 2. The van der Waals surface area contributed by atoms with E-state index < -0.39 is 0 Å². The first-order valence-corrected chi connectivity index (χ1v) is 8.00. The number of nitrogens with one attached hydrogen (secondary N) is 2. The Morgan fingerprint density at radius 3 is 2.33 bits per heavy atom. The minimum Gasteiger partial charge on any atom is -0.467 e. The number of carbonyl (C=O) groups is 1. The molecule has 2 aromatic carbocycles. The molecule has 0 spiro atoms. The van der Waals surface area contributed by atoms with Crippen LogP contribution in [0.15, 0.2) is 77.4 Å². The van der Waals surface area contributed by atoms with Gasteiger partial charge in [0.05, 0.1) is 12.8 Å². The zero-order valence-corrected chi connectivity index (χ0v) is 13.4. The number of rotatable bonds is 7. The molecular weight excluding hydrogens is 300 g/mol. The summed E-state index contributed by atoms with van der Waals surface area (Å²) in [6.45, 7) is 0.635. The lowest BCUT2D eigenvalue weighted by Crippen LogP contribution is -2.12. The van der Waals surface area contributed by atoms with Gasteiger partial charge in [-0.25, -0.2) is 0 Å². The molecule has 0 aliphatic carbocycles. The zero-order chi connectivity index (χ0) is 16.6. The molecule has 0 bridgehead atoms. The van der Waals surface area contributed by atoms with E-state index in [9.17, 15) is 4.79 Å². The van der Waals surface area contributed by atoms with E-state index in [4.69, 9.17) is 4.42 Å². The minimum atomic E-state index is 0.0233. The molecule has 1 amide bonds. The molecule has 0 radical (unpaired) electrons. The van der Waals surface area contributed by atoms with Crippen LogP contribution in [0, 0.1) is 0 Å². The maximum Gasteiger partial charge on any atom is 0.224 e. The van der Waals surface area contributed by atoms with Crippen LogP contribution in [0.25, 0.3) is 0 Å². The van der Waals surface area contributed by atoms with Crippen molar-refractivity contribution in [3.63, 3.8) is 0 Å². The van der Waals surface area contributed by atoms with Crippen LogP contribution in [-0.2, 0) is 17.8 Å². The minimum absolute atomic E-state index is 0.0233. The van der Waals surface area contributed by atoms with Gasteiger partial charge in [0.1, 0.15) is 5.76 Å². The first-order chi connectivity index (χ1) is 11.8. The highest BCUT2D eigenvalue weighted by Gasteiger charge is 2.03. The number of benzene rings is 2. The Morgan fingerprint density at radius 1 is 0.875 bits per heavy atom. The van der Waals surface area contributed by atoms with Gasteiger partial charge in [0.15, 0.2) is 0 Å². The molecule has 3 rings (SSSR count). The maximum absolute atomic E-state index is 12.0. The van der Waals surface area contributed by atoms with E-state index in [1.54, 1.807) is 6.26 Å². The summed E-state index contributed by atoms with van der Waals surface area (Å²) in [5.41, 5.74) is 2.95. The van der Waals surface area contributed by atoms with E-state index in [1.165, 1.54) is 5.56 Å². The Morgan fingerprint density at radius 2 is 1.62 bits per heavy atom. The Kier molecular flexibility index (Phi) is 5.30. The largest absolute Gasteiger partial charge is 0.467 e. The number of amides is 1. The van der Waals surface area contributed by atoms with Crippen LogP contribution in [0.1, 0.15) is 17.7 Å². The molecule has 4 heteroatoms. The van der Waals surface area contributed by atoms with Gasteiger partial charge in [0, 0.05) is 17.8 Å². The molecule has 0 saturated carbocycles. The summed E-state index contributed by atoms with van der Waals surface area (Å²) in [5, 5.41) is 6.19. The number of hydrogen-bond acceptors (Lipinski definition) is 3. The predicted octanol–water partition coefficient (Wildman–Crippen LogP) is 4.46. The van der Waals surface area contributed by atoms with Gasteiger partial charge in [0.25, 0.3) is 0 Å². The van der Waals surface area contributed by atoms with Crippen molar-refractivity contribution in [2.75, 3.05) is 10.6 Å². The van der Waals surface area contributed by atoms with Crippen LogP contribution < -0.4 is 10.6 Å². The van der Waals surface area contributed by atoms with Crippen molar-refractivity contribution >= 4 is 17.3 Å². The molecule has 1 aromatic heterocycles. The van der Waals surface area contributed by atoms with Crippen molar-refractivity contribution in [1.29, 1.82) is 0 Å². The van der Waals surface area contributed by atoms with E-state index in [0.717, 1.165) is 23.6 Å². The lowest BCUT2D eigenvalue weighted by molar-refractivity contribution is -0.116. The molecule has 2 N–H and O–H groups in total. The third-order valence-corrected chi connectivity index (χ3v) is 3.70. The van der Waals surface area contributed by atoms with E-state index >= 15 is 0 Å². The Hall–Kier alpha value is -3.01.